The van der Waals surface area contributed by atoms with E-state index < -0.39 is 5.92 Å². The molecule has 2 atom stereocenters. The van der Waals surface area contributed by atoms with E-state index in [-0.39, 0.29) is 17.7 Å². The molecule has 0 radical (unpaired) electrons. The number of carbonyl (C=O) groups is 2. The smallest absolute Gasteiger partial charge is 0.239 e. The van der Waals surface area contributed by atoms with Crippen LogP contribution in [0.2, 0.25) is 0 Å². The lowest BCUT2D eigenvalue weighted by Gasteiger charge is -2.31. The molecule has 1 aliphatic rings. The van der Waals surface area contributed by atoms with Crippen LogP contribution in [0.25, 0.3) is 0 Å². The van der Waals surface area contributed by atoms with Crippen molar-refractivity contribution in [3.63, 3.8) is 0 Å². The number of likely N-dealkylation sites (tertiary alicyclic amines) is 1. The third kappa shape index (κ3) is 2.69. The number of piperidine rings is 1. The van der Waals surface area contributed by atoms with E-state index in [2.05, 4.69) is 0 Å². The molecule has 1 rings (SSSR count). The summed E-state index contributed by atoms with van der Waals surface area (Å²) in [5.41, 5.74) is 5.20. The molecule has 0 bridgehead atoms. The molecule has 1 saturated heterocycles. The molecule has 0 aliphatic carbocycles. The molecule has 0 aromatic heterocycles. The number of hydrogen-bond donors (Lipinski definition) is 1. The topological polar surface area (TPSA) is 87.2 Å². The molecular formula is C10H15N3O2. The van der Waals surface area contributed by atoms with Gasteiger partial charge in [-0.25, -0.2) is 0 Å². The van der Waals surface area contributed by atoms with E-state index >= 15 is 0 Å². The third-order valence-corrected chi connectivity index (χ3v) is 2.70. The lowest BCUT2D eigenvalue weighted by atomic mass is 9.96. The van der Waals surface area contributed by atoms with Gasteiger partial charge in [-0.3, -0.25) is 9.59 Å². The van der Waals surface area contributed by atoms with E-state index in [0.29, 0.717) is 13.1 Å². The number of hydrogen-bond acceptors (Lipinski definition) is 3. The lowest BCUT2D eigenvalue weighted by Crippen LogP contribution is -2.45. The van der Waals surface area contributed by atoms with Crippen LogP contribution in [0.3, 0.4) is 0 Å². The Bertz CT molecular complexity index is 308. The third-order valence-electron chi connectivity index (χ3n) is 2.70. The summed E-state index contributed by atoms with van der Waals surface area (Å²) in [6.45, 7) is 2.55. The Morgan fingerprint density at radius 1 is 1.60 bits per heavy atom. The second-order valence-corrected chi connectivity index (χ2v) is 3.88. The summed E-state index contributed by atoms with van der Waals surface area (Å²) in [6.07, 6.45) is 1.51. The Hall–Kier alpha value is -1.57. The number of primary amides is 1. The maximum absolute atomic E-state index is 11.6. The SMILES string of the molecule is CC(C#N)C(=O)N1CCCC(C(N)=O)C1. The van der Waals surface area contributed by atoms with Gasteiger partial charge in [0.25, 0.3) is 0 Å². The van der Waals surface area contributed by atoms with E-state index in [1.807, 2.05) is 6.07 Å². The summed E-state index contributed by atoms with van der Waals surface area (Å²) in [5, 5.41) is 8.62. The molecule has 1 heterocycles. The Kier molecular flexibility index (Phi) is 3.67. The fraction of sp³-hybridized carbons (Fsp3) is 0.700. The molecule has 15 heavy (non-hydrogen) atoms. The number of amides is 2. The standard InChI is InChI=1S/C10H15N3O2/c1-7(5-11)10(15)13-4-2-3-8(6-13)9(12)14/h7-8H,2-4,6H2,1H3,(H2,12,14). The Morgan fingerprint density at radius 2 is 2.27 bits per heavy atom. The molecule has 0 saturated carbocycles. The predicted molar refractivity (Wildman–Crippen MR) is 53.3 cm³/mol. The van der Waals surface area contributed by atoms with Gasteiger partial charge >= 0.3 is 0 Å². The van der Waals surface area contributed by atoms with Gasteiger partial charge in [-0.2, -0.15) is 5.26 Å². The van der Waals surface area contributed by atoms with Gasteiger partial charge in [0.15, 0.2) is 0 Å². The van der Waals surface area contributed by atoms with Gasteiger partial charge in [-0.1, -0.05) is 0 Å². The Labute approximate surface area is 88.8 Å². The van der Waals surface area contributed by atoms with Gasteiger partial charge in [-0.15, -0.1) is 0 Å². The van der Waals surface area contributed by atoms with Crippen molar-refractivity contribution in [2.75, 3.05) is 13.1 Å². The van der Waals surface area contributed by atoms with Crippen LogP contribution in [0.15, 0.2) is 0 Å². The van der Waals surface area contributed by atoms with Crippen LogP contribution in [0.1, 0.15) is 19.8 Å². The minimum atomic E-state index is -0.642. The van der Waals surface area contributed by atoms with Gasteiger partial charge in [0, 0.05) is 13.1 Å². The highest BCUT2D eigenvalue weighted by atomic mass is 16.2. The van der Waals surface area contributed by atoms with Crippen LogP contribution >= 0.6 is 0 Å². The maximum Gasteiger partial charge on any atom is 0.239 e. The van der Waals surface area contributed by atoms with Crippen molar-refractivity contribution < 1.29 is 9.59 Å². The minimum Gasteiger partial charge on any atom is -0.369 e. The highest BCUT2D eigenvalue weighted by Crippen LogP contribution is 2.17. The van der Waals surface area contributed by atoms with E-state index in [1.54, 1.807) is 11.8 Å². The van der Waals surface area contributed by atoms with Crippen LogP contribution in [0, 0.1) is 23.2 Å². The molecule has 2 amide bonds. The summed E-state index contributed by atoms with van der Waals surface area (Å²) in [7, 11) is 0. The first-order valence-electron chi connectivity index (χ1n) is 5.04. The second kappa shape index (κ2) is 4.78. The maximum atomic E-state index is 11.6. The molecule has 2 unspecified atom stereocenters. The minimum absolute atomic E-state index is 0.205. The first kappa shape index (κ1) is 11.5. The zero-order chi connectivity index (χ0) is 11.4. The summed E-state index contributed by atoms with van der Waals surface area (Å²) in [6, 6.07) is 1.90. The fourth-order valence-electron chi connectivity index (χ4n) is 1.74. The Morgan fingerprint density at radius 3 is 2.80 bits per heavy atom. The molecule has 2 N–H and O–H groups in total. The average Bonchev–Trinajstić information content (AvgIpc) is 2.27. The zero-order valence-electron chi connectivity index (χ0n) is 8.77. The van der Waals surface area contributed by atoms with Crippen molar-refractivity contribution in [1.82, 2.24) is 4.90 Å². The molecule has 5 nitrogen and oxygen atoms in total. The Balaban J connectivity index is 2.61. The van der Waals surface area contributed by atoms with Crippen molar-refractivity contribution in [2.45, 2.75) is 19.8 Å². The van der Waals surface area contributed by atoms with E-state index in [4.69, 9.17) is 11.0 Å². The van der Waals surface area contributed by atoms with Gasteiger partial charge in [0.05, 0.1) is 12.0 Å². The first-order chi connectivity index (χ1) is 7.06. The monoisotopic (exact) mass is 209 g/mol. The quantitative estimate of drug-likeness (QED) is 0.687. The lowest BCUT2D eigenvalue weighted by molar-refractivity contribution is -0.136. The summed E-state index contributed by atoms with van der Waals surface area (Å²) < 4.78 is 0. The van der Waals surface area contributed by atoms with Crippen LogP contribution in [-0.4, -0.2) is 29.8 Å². The summed E-state index contributed by atoms with van der Waals surface area (Å²) in [5.74, 6) is -1.47. The van der Waals surface area contributed by atoms with Gasteiger partial charge in [0.2, 0.25) is 11.8 Å². The zero-order valence-corrected chi connectivity index (χ0v) is 8.77. The molecule has 5 heteroatoms. The number of nitriles is 1. The second-order valence-electron chi connectivity index (χ2n) is 3.88. The van der Waals surface area contributed by atoms with Crippen LogP contribution in [0.5, 0.6) is 0 Å². The highest BCUT2D eigenvalue weighted by Gasteiger charge is 2.28. The predicted octanol–water partition coefficient (Wildman–Crippen LogP) is -0.130. The summed E-state index contributed by atoms with van der Waals surface area (Å²) in [4.78, 5) is 24.2. The van der Waals surface area contributed by atoms with Crippen molar-refractivity contribution in [3.8, 4) is 6.07 Å². The largest absolute Gasteiger partial charge is 0.369 e. The van der Waals surface area contributed by atoms with Crippen molar-refractivity contribution in [2.24, 2.45) is 17.6 Å². The number of nitrogens with two attached hydrogens (primary N) is 1. The number of rotatable bonds is 2. The van der Waals surface area contributed by atoms with E-state index in [1.165, 1.54) is 0 Å². The van der Waals surface area contributed by atoms with Gasteiger partial charge < -0.3 is 10.6 Å². The molecule has 0 aromatic rings. The number of nitrogens with zero attached hydrogens (tertiary/aromatic N) is 2. The number of carbonyl (C=O) groups excluding carboxylic acids is 2. The van der Waals surface area contributed by atoms with Gasteiger partial charge in [-0.05, 0) is 19.8 Å². The van der Waals surface area contributed by atoms with Gasteiger partial charge in [0.1, 0.15) is 5.92 Å². The molecule has 1 fully saturated rings. The summed E-state index contributed by atoms with van der Waals surface area (Å²) >= 11 is 0. The molecule has 1 aliphatic heterocycles. The van der Waals surface area contributed by atoms with Crippen molar-refractivity contribution >= 4 is 11.8 Å². The molecule has 0 aromatic carbocycles. The first-order valence-corrected chi connectivity index (χ1v) is 5.04. The molecular weight excluding hydrogens is 194 g/mol. The van der Waals surface area contributed by atoms with Crippen molar-refractivity contribution in [1.29, 1.82) is 5.26 Å². The highest BCUT2D eigenvalue weighted by molar-refractivity contribution is 5.82. The average molecular weight is 209 g/mol. The fourth-order valence-corrected chi connectivity index (χ4v) is 1.74. The van der Waals surface area contributed by atoms with Crippen LogP contribution in [0.4, 0.5) is 0 Å². The molecule has 0 spiro atoms. The van der Waals surface area contributed by atoms with Crippen LogP contribution < -0.4 is 5.73 Å². The van der Waals surface area contributed by atoms with Crippen LogP contribution in [-0.2, 0) is 9.59 Å². The van der Waals surface area contributed by atoms with E-state index in [0.717, 1.165) is 12.8 Å². The normalized spacial score (nSPS) is 22.9. The molecule has 82 valence electrons. The van der Waals surface area contributed by atoms with E-state index in [9.17, 15) is 9.59 Å². The van der Waals surface area contributed by atoms with Crippen molar-refractivity contribution in [3.05, 3.63) is 0 Å².